The minimum Gasteiger partial charge on any atom is -0.497 e. The molecule has 0 spiro atoms. The van der Waals surface area contributed by atoms with Gasteiger partial charge in [0, 0.05) is 12.8 Å². The third-order valence-corrected chi connectivity index (χ3v) is 5.03. The van der Waals surface area contributed by atoms with Gasteiger partial charge in [-0.1, -0.05) is 12.1 Å². The minimum absolute atomic E-state index is 0.139. The number of sulfone groups is 1. The Bertz CT molecular complexity index is 893. The molecule has 24 heavy (non-hydrogen) atoms. The molecular formula is C17H18N2O4S. The van der Waals surface area contributed by atoms with Crippen molar-refractivity contribution in [2.75, 3.05) is 24.9 Å². The number of hydrogen-bond acceptors (Lipinski definition) is 5. The lowest BCUT2D eigenvalue weighted by atomic mass is 10.1. The monoisotopic (exact) mass is 346 g/mol. The molecule has 1 heterocycles. The van der Waals surface area contributed by atoms with Crippen LogP contribution in [0.4, 0.5) is 5.69 Å². The van der Waals surface area contributed by atoms with Crippen LogP contribution in [0.1, 0.15) is 15.9 Å². The molecule has 7 heteroatoms. The maximum absolute atomic E-state index is 12.1. The van der Waals surface area contributed by atoms with E-state index in [4.69, 9.17) is 4.74 Å². The van der Waals surface area contributed by atoms with Gasteiger partial charge < -0.3 is 15.0 Å². The predicted octanol–water partition coefficient (Wildman–Crippen LogP) is 1.81. The first-order valence-corrected chi connectivity index (χ1v) is 9.28. The zero-order valence-corrected chi connectivity index (χ0v) is 14.3. The first kappa shape index (κ1) is 16.3. The van der Waals surface area contributed by atoms with E-state index in [1.807, 2.05) is 29.2 Å². The average Bonchev–Trinajstić information content (AvgIpc) is 2.56. The maximum Gasteiger partial charge on any atom is 0.254 e. The molecule has 1 amide bonds. The van der Waals surface area contributed by atoms with Gasteiger partial charge in [-0.3, -0.25) is 4.79 Å². The van der Waals surface area contributed by atoms with E-state index in [1.165, 1.54) is 12.1 Å². The number of nitrogens with one attached hydrogen (secondary N) is 1. The highest BCUT2D eigenvalue weighted by Gasteiger charge is 2.24. The summed E-state index contributed by atoms with van der Waals surface area (Å²) in [4.78, 5) is 14.2. The molecule has 0 radical (unpaired) electrons. The van der Waals surface area contributed by atoms with Crippen LogP contribution in [0.2, 0.25) is 0 Å². The van der Waals surface area contributed by atoms with Gasteiger partial charge in [0.2, 0.25) is 0 Å². The third-order valence-electron chi connectivity index (χ3n) is 3.92. The van der Waals surface area contributed by atoms with Gasteiger partial charge in [0.05, 0.1) is 29.9 Å². The Morgan fingerprint density at radius 2 is 2.00 bits per heavy atom. The van der Waals surface area contributed by atoms with E-state index >= 15 is 0 Å². The number of carbonyl (C=O) groups excluding carboxylic acids is 1. The summed E-state index contributed by atoms with van der Waals surface area (Å²) >= 11 is 0. The van der Waals surface area contributed by atoms with Crippen molar-refractivity contribution in [1.29, 1.82) is 0 Å². The van der Waals surface area contributed by atoms with E-state index in [0.29, 0.717) is 24.5 Å². The average molecular weight is 346 g/mol. The second-order valence-corrected chi connectivity index (χ2v) is 7.68. The molecule has 0 saturated carbocycles. The van der Waals surface area contributed by atoms with E-state index < -0.39 is 9.84 Å². The van der Waals surface area contributed by atoms with Crippen molar-refractivity contribution in [1.82, 2.24) is 5.32 Å². The Morgan fingerprint density at radius 3 is 2.71 bits per heavy atom. The molecule has 0 saturated heterocycles. The van der Waals surface area contributed by atoms with E-state index in [9.17, 15) is 13.2 Å². The van der Waals surface area contributed by atoms with Crippen LogP contribution in [0.25, 0.3) is 0 Å². The molecule has 1 aliphatic heterocycles. The number of carbonyl (C=O) groups is 1. The minimum atomic E-state index is -3.36. The van der Waals surface area contributed by atoms with Crippen molar-refractivity contribution in [2.45, 2.75) is 11.4 Å². The fraction of sp³-hybridized carbons (Fsp3) is 0.235. The maximum atomic E-state index is 12.1. The molecule has 2 aromatic rings. The quantitative estimate of drug-likeness (QED) is 0.914. The van der Waals surface area contributed by atoms with E-state index in [0.717, 1.165) is 17.6 Å². The lowest BCUT2D eigenvalue weighted by Gasteiger charge is -2.31. The SMILES string of the molecule is COc1cccc(CN2CNC(=O)c3cc(S(C)(=O)=O)ccc32)c1. The number of hydrogen-bond donors (Lipinski definition) is 1. The van der Waals surface area contributed by atoms with Crippen LogP contribution in [0.15, 0.2) is 47.4 Å². The van der Waals surface area contributed by atoms with Crippen molar-refractivity contribution in [3.05, 3.63) is 53.6 Å². The highest BCUT2D eigenvalue weighted by atomic mass is 32.2. The molecule has 1 aliphatic rings. The van der Waals surface area contributed by atoms with Gasteiger partial charge in [-0.25, -0.2) is 8.42 Å². The van der Waals surface area contributed by atoms with Crippen molar-refractivity contribution in [3.63, 3.8) is 0 Å². The first-order valence-electron chi connectivity index (χ1n) is 7.38. The van der Waals surface area contributed by atoms with Crippen LogP contribution in [-0.4, -0.2) is 34.4 Å². The Hall–Kier alpha value is -2.54. The van der Waals surface area contributed by atoms with Crippen molar-refractivity contribution in [3.8, 4) is 5.75 Å². The number of benzene rings is 2. The zero-order chi connectivity index (χ0) is 17.3. The van der Waals surface area contributed by atoms with Crippen LogP contribution in [-0.2, 0) is 16.4 Å². The number of ether oxygens (including phenoxy) is 1. The van der Waals surface area contributed by atoms with Gasteiger partial charge in [-0.2, -0.15) is 0 Å². The van der Waals surface area contributed by atoms with Crippen LogP contribution < -0.4 is 15.0 Å². The molecule has 0 aliphatic carbocycles. The summed E-state index contributed by atoms with van der Waals surface area (Å²) in [6.45, 7) is 0.934. The number of anilines is 1. The van der Waals surface area contributed by atoms with Gasteiger partial charge in [0.1, 0.15) is 5.75 Å². The normalized spacial score (nSPS) is 14.1. The standard InChI is InChI=1S/C17H18N2O4S/c1-23-13-5-3-4-12(8-13)10-19-11-18-17(20)15-9-14(24(2,21)22)6-7-16(15)19/h3-9H,10-11H2,1-2H3,(H,18,20). The van der Waals surface area contributed by atoms with E-state index in [-0.39, 0.29) is 10.8 Å². The summed E-state index contributed by atoms with van der Waals surface area (Å²) in [5, 5.41) is 2.78. The van der Waals surface area contributed by atoms with Crippen LogP contribution in [0.3, 0.4) is 0 Å². The molecule has 6 nitrogen and oxygen atoms in total. The van der Waals surface area contributed by atoms with Crippen LogP contribution >= 0.6 is 0 Å². The van der Waals surface area contributed by atoms with Gasteiger partial charge >= 0.3 is 0 Å². The Kier molecular flexibility index (Phi) is 4.19. The summed E-state index contributed by atoms with van der Waals surface area (Å²) < 4.78 is 28.6. The predicted molar refractivity (Wildman–Crippen MR) is 91.1 cm³/mol. The van der Waals surface area contributed by atoms with E-state index in [1.54, 1.807) is 13.2 Å². The van der Waals surface area contributed by atoms with Gasteiger partial charge in [-0.05, 0) is 35.9 Å². The molecule has 126 valence electrons. The molecule has 2 aromatic carbocycles. The van der Waals surface area contributed by atoms with Crippen LogP contribution in [0.5, 0.6) is 5.75 Å². The first-order chi connectivity index (χ1) is 11.4. The number of rotatable bonds is 4. The molecule has 0 unspecified atom stereocenters. The summed E-state index contributed by atoms with van der Waals surface area (Å²) in [7, 11) is -1.75. The fourth-order valence-electron chi connectivity index (χ4n) is 2.68. The molecule has 3 rings (SSSR count). The smallest absolute Gasteiger partial charge is 0.254 e. The molecule has 0 bridgehead atoms. The number of amides is 1. The molecule has 0 fully saturated rings. The van der Waals surface area contributed by atoms with Crippen molar-refractivity contribution in [2.24, 2.45) is 0 Å². The molecule has 0 atom stereocenters. The number of methoxy groups -OCH3 is 1. The topological polar surface area (TPSA) is 75.7 Å². The van der Waals surface area contributed by atoms with E-state index in [2.05, 4.69) is 5.32 Å². The molecular weight excluding hydrogens is 328 g/mol. The summed E-state index contributed by atoms with van der Waals surface area (Å²) in [6, 6.07) is 12.3. The lowest BCUT2D eigenvalue weighted by molar-refractivity contribution is 0.0947. The van der Waals surface area contributed by atoms with Gasteiger partial charge in [0.25, 0.3) is 5.91 Å². The zero-order valence-electron chi connectivity index (χ0n) is 13.4. The van der Waals surface area contributed by atoms with Crippen molar-refractivity contribution < 1.29 is 17.9 Å². The van der Waals surface area contributed by atoms with Gasteiger partial charge in [-0.15, -0.1) is 0 Å². The molecule has 1 N–H and O–H groups in total. The Morgan fingerprint density at radius 1 is 1.21 bits per heavy atom. The highest BCUT2D eigenvalue weighted by Crippen LogP contribution is 2.28. The van der Waals surface area contributed by atoms with Gasteiger partial charge in [0.15, 0.2) is 9.84 Å². The summed E-state index contributed by atoms with van der Waals surface area (Å²) in [6.07, 6.45) is 1.13. The third kappa shape index (κ3) is 3.21. The second kappa shape index (κ2) is 6.16. The fourth-order valence-corrected chi connectivity index (χ4v) is 3.33. The summed E-state index contributed by atoms with van der Waals surface area (Å²) in [5.74, 6) is 0.499. The number of nitrogens with zero attached hydrogens (tertiary/aromatic N) is 1. The largest absolute Gasteiger partial charge is 0.497 e. The Labute approximate surface area is 141 Å². The number of fused-ring (bicyclic) bond motifs is 1. The lowest BCUT2D eigenvalue weighted by Crippen LogP contribution is -2.43. The summed E-state index contributed by atoms with van der Waals surface area (Å²) in [5.41, 5.74) is 2.12. The highest BCUT2D eigenvalue weighted by molar-refractivity contribution is 7.90. The molecule has 0 aromatic heterocycles. The van der Waals surface area contributed by atoms with Crippen molar-refractivity contribution >= 4 is 21.4 Å². The Balaban J connectivity index is 1.95. The van der Waals surface area contributed by atoms with Crippen LogP contribution in [0, 0.1) is 0 Å². The second-order valence-electron chi connectivity index (χ2n) is 5.66.